The lowest BCUT2D eigenvalue weighted by Gasteiger charge is -2.12. The number of rotatable bonds is 5. The quantitative estimate of drug-likeness (QED) is 0.512. The number of halogens is 2. The van der Waals surface area contributed by atoms with Crippen molar-refractivity contribution in [3.05, 3.63) is 47.4 Å². The van der Waals surface area contributed by atoms with Crippen LogP contribution < -0.4 is 10.1 Å². The number of benzene rings is 2. The highest BCUT2D eigenvalue weighted by atomic mass is 35.5. The molecular weight excluding hydrogens is 381 g/mol. The van der Waals surface area contributed by atoms with Gasteiger partial charge in [-0.25, -0.2) is 4.39 Å². The molecule has 2 heterocycles. The molecule has 0 bridgehead atoms. The fourth-order valence-electron chi connectivity index (χ4n) is 2.90. The van der Waals surface area contributed by atoms with E-state index in [4.69, 9.17) is 16.3 Å². The zero-order valence-electron chi connectivity index (χ0n) is 15.7. The molecule has 0 saturated carbocycles. The van der Waals surface area contributed by atoms with Crippen LogP contribution >= 0.6 is 11.6 Å². The van der Waals surface area contributed by atoms with Crippen LogP contribution in [0.5, 0.6) is 5.75 Å². The first-order chi connectivity index (χ1) is 13.5. The van der Waals surface area contributed by atoms with Gasteiger partial charge in [0.25, 0.3) is 0 Å². The molecule has 0 unspecified atom stereocenters. The number of pyridine rings is 1. The maximum atomic E-state index is 14.4. The van der Waals surface area contributed by atoms with Gasteiger partial charge in [0.1, 0.15) is 16.7 Å². The van der Waals surface area contributed by atoms with Crippen LogP contribution in [0.2, 0.25) is 5.02 Å². The Labute approximate surface area is 166 Å². The Morgan fingerprint density at radius 1 is 1.18 bits per heavy atom. The Balaban J connectivity index is 1.85. The summed E-state index contributed by atoms with van der Waals surface area (Å²) in [5, 5.41) is 13.3. The van der Waals surface area contributed by atoms with Crippen molar-refractivity contribution >= 4 is 39.2 Å². The molecule has 144 valence electrons. The molecule has 4 rings (SSSR count). The molecule has 6 nitrogen and oxygen atoms in total. The molecule has 0 aliphatic carbocycles. The highest BCUT2D eigenvalue weighted by molar-refractivity contribution is 6.31. The number of nitrogens with zero attached hydrogens (tertiary/aromatic N) is 4. The van der Waals surface area contributed by atoms with E-state index in [9.17, 15) is 4.39 Å². The topological polar surface area (TPSA) is 64.9 Å². The van der Waals surface area contributed by atoms with Crippen LogP contribution in [0, 0.1) is 5.82 Å². The zero-order valence-corrected chi connectivity index (χ0v) is 16.5. The van der Waals surface area contributed by atoms with Crippen molar-refractivity contribution in [2.45, 2.75) is 26.4 Å². The molecular formula is C20H19ClFN5O. The second-order valence-corrected chi connectivity index (χ2v) is 7.00. The minimum absolute atomic E-state index is 0.0931. The molecule has 8 heteroatoms. The SMILES string of the molecule is CC[C@H](C)Oc1cc2nn(-c3cc(Cl)cc4cc(NC)cnc34)nc2cc1F. The maximum Gasteiger partial charge on any atom is 0.167 e. The second kappa shape index (κ2) is 7.24. The molecule has 0 spiro atoms. The van der Waals surface area contributed by atoms with Gasteiger partial charge in [0, 0.05) is 29.6 Å². The molecule has 2 aromatic heterocycles. The Morgan fingerprint density at radius 2 is 1.93 bits per heavy atom. The van der Waals surface area contributed by atoms with Crippen molar-refractivity contribution in [2.75, 3.05) is 12.4 Å². The predicted octanol–water partition coefficient (Wildman–Crippen LogP) is 4.98. The summed E-state index contributed by atoms with van der Waals surface area (Å²) in [6, 6.07) is 8.41. The van der Waals surface area contributed by atoms with E-state index in [1.165, 1.54) is 10.9 Å². The first-order valence-corrected chi connectivity index (χ1v) is 9.37. The van der Waals surface area contributed by atoms with E-state index in [1.807, 2.05) is 33.0 Å². The third kappa shape index (κ3) is 3.33. The third-order valence-electron chi connectivity index (χ3n) is 4.57. The Hall–Kier alpha value is -2.93. The van der Waals surface area contributed by atoms with Gasteiger partial charge >= 0.3 is 0 Å². The number of ether oxygens (including phenoxy) is 1. The summed E-state index contributed by atoms with van der Waals surface area (Å²) >= 11 is 6.29. The lowest BCUT2D eigenvalue weighted by molar-refractivity contribution is 0.208. The van der Waals surface area contributed by atoms with Crippen LogP contribution in [0.25, 0.3) is 27.6 Å². The Kier molecular flexibility index (Phi) is 4.77. The third-order valence-corrected chi connectivity index (χ3v) is 4.79. The first kappa shape index (κ1) is 18.4. The molecule has 0 fully saturated rings. The Bertz CT molecular complexity index is 1180. The van der Waals surface area contributed by atoms with E-state index in [2.05, 4.69) is 20.5 Å². The van der Waals surface area contributed by atoms with Gasteiger partial charge in [-0.1, -0.05) is 18.5 Å². The fourth-order valence-corrected chi connectivity index (χ4v) is 3.12. The van der Waals surface area contributed by atoms with Crippen LogP contribution in [0.4, 0.5) is 10.1 Å². The fraction of sp³-hybridized carbons (Fsp3) is 0.250. The summed E-state index contributed by atoms with van der Waals surface area (Å²) in [6.45, 7) is 3.87. The zero-order chi connectivity index (χ0) is 19.8. The number of hydrogen-bond acceptors (Lipinski definition) is 5. The summed E-state index contributed by atoms with van der Waals surface area (Å²) in [5.41, 5.74) is 3.13. The minimum Gasteiger partial charge on any atom is -0.488 e. The molecule has 0 aliphatic rings. The summed E-state index contributed by atoms with van der Waals surface area (Å²) < 4.78 is 20.0. The highest BCUT2D eigenvalue weighted by Gasteiger charge is 2.15. The number of anilines is 1. The van der Waals surface area contributed by atoms with Crippen molar-refractivity contribution in [3.8, 4) is 11.4 Å². The average molecular weight is 400 g/mol. The van der Waals surface area contributed by atoms with Crippen molar-refractivity contribution in [2.24, 2.45) is 0 Å². The van der Waals surface area contributed by atoms with Crippen molar-refractivity contribution < 1.29 is 9.13 Å². The average Bonchev–Trinajstić information content (AvgIpc) is 3.09. The molecule has 0 radical (unpaired) electrons. The summed E-state index contributed by atoms with van der Waals surface area (Å²) in [7, 11) is 1.82. The van der Waals surface area contributed by atoms with Crippen LogP contribution in [0.1, 0.15) is 20.3 Å². The van der Waals surface area contributed by atoms with Gasteiger partial charge < -0.3 is 10.1 Å². The minimum atomic E-state index is -0.465. The van der Waals surface area contributed by atoms with Gasteiger partial charge in [-0.2, -0.15) is 0 Å². The molecule has 0 aliphatic heterocycles. The molecule has 1 atom stereocenters. The first-order valence-electron chi connectivity index (χ1n) is 8.99. The summed E-state index contributed by atoms with van der Waals surface area (Å²) in [6.07, 6.45) is 2.41. The number of hydrogen-bond donors (Lipinski definition) is 1. The van der Waals surface area contributed by atoms with Gasteiger partial charge in [0.05, 0.1) is 23.5 Å². The lowest BCUT2D eigenvalue weighted by atomic mass is 10.2. The van der Waals surface area contributed by atoms with E-state index >= 15 is 0 Å². The summed E-state index contributed by atoms with van der Waals surface area (Å²) in [5.74, 6) is -0.297. The number of aromatic nitrogens is 4. The van der Waals surface area contributed by atoms with Crippen molar-refractivity contribution in [1.29, 1.82) is 0 Å². The van der Waals surface area contributed by atoms with Gasteiger partial charge in [-0.05, 0) is 31.5 Å². The van der Waals surface area contributed by atoms with Crippen LogP contribution in [0.3, 0.4) is 0 Å². The Morgan fingerprint density at radius 3 is 2.64 bits per heavy atom. The maximum absolute atomic E-state index is 14.4. The summed E-state index contributed by atoms with van der Waals surface area (Å²) in [4.78, 5) is 5.93. The molecule has 4 aromatic rings. The van der Waals surface area contributed by atoms with Crippen molar-refractivity contribution in [3.63, 3.8) is 0 Å². The molecule has 28 heavy (non-hydrogen) atoms. The van der Waals surface area contributed by atoms with Gasteiger partial charge in [0.2, 0.25) is 0 Å². The van der Waals surface area contributed by atoms with Crippen LogP contribution in [-0.2, 0) is 0 Å². The van der Waals surface area contributed by atoms with E-state index in [0.29, 0.717) is 27.3 Å². The smallest absolute Gasteiger partial charge is 0.167 e. The van der Waals surface area contributed by atoms with Crippen molar-refractivity contribution in [1.82, 2.24) is 20.0 Å². The normalized spacial score (nSPS) is 12.5. The van der Waals surface area contributed by atoms with Crippen LogP contribution in [0.15, 0.2) is 36.5 Å². The molecule has 1 N–H and O–H groups in total. The number of fused-ring (bicyclic) bond motifs is 2. The largest absolute Gasteiger partial charge is 0.488 e. The molecule has 0 saturated heterocycles. The monoisotopic (exact) mass is 399 g/mol. The second-order valence-electron chi connectivity index (χ2n) is 6.57. The van der Waals surface area contributed by atoms with E-state index in [0.717, 1.165) is 17.5 Å². The van der Waals surface area contributed by atoms with Gasteiger partial charge in [-0.15, -0.1) is 15.0 Å². The van der Waals surface area contributed by atoms with Crippen LogP contribution in [-0.4, -0.2) is 33.1 Å². The van der Waals surface area contributed by atoms with E-state index in [1.54, 1.807) is 18.3 Å². The van der Waals surface area contributed by atoms with E-state index < -0.39 is 5.82 Å². The van der Waals surface area contributed by atoms with Gasteiger partial charge in [0.15, 0.2) is 11.6 Å². The predicted molar refractivity (Wildman–Crippen MR) is 109 cm³/mol. The number of nitrogens with one attached hydrogen (secondary N) is 1. The molecule has 0 amide bonds. The standard InChI is InChI=1S/C20H19ClFN5O/c1-4-11(2)28-19-9-17-16(8-15(19)22)25-27(26-17)18-7-13(21)5-12-6-14(23-3)10-24-20(12)18/h5-11,23H,4H2,1-3H3/t11-/m0/s1. The highest BCUT2D eigenvalue weighted by Crippen LogP contribution is 2.29. The molecule has 2 aromatic carbocycles. The van der Waals surface area contributed by atoms with Gasteiger partial charge in [-0.3, -0.25) is 4.98 Å². The van der Waals surface area contributed by atoms with E-state index in [-0.39, 0.29) is 11.9 Å². The lowest BCUT2D eigenvalue weighted by Crippen LogP contribution is -2.10.